The van der Waals surface area contributed by atoms with Gasteiger partial charge in [-0.25, -0.2) is 0 Å². The van der Waals surface area contributed by atoms with Gasteiger partial charge < -0.3 is 16.4 Å². The van der Waals surface area contributed by atoms with E-state index in [1.807, 2.05) is 19.1 Å². The van der Waals surface area contributed by atoms with Crippen molar-refractivity contribution in [3.8, 4) is 0 Å². The van der Waals surface area contributed by atoms with Crippen LogP contribution in [0.3, 0.4) is 0 Å². The smallest absolute Gasteiger partial charge is 0.251 e. The van der Waals surface area contributed by atoms with Gasteiger partial charge in [-0.3, -0.25) is 4.79 Å². The van der Waals surface area contributed by atoms with Crippen molar-refractivity contribution in [2.24, 2.45) is 0 Å². The summed E-state index contributed by atoms with van der Waals surface area (Å²) in [5, 5.41) is 6.69. The van der Waals surface area contributed by atoms with Crippen LogP contribution >= 0.6 is 11.6 Å². The third kappa shape index (κ3) is 4.13. The molecule has 0 unspecified atom stereocenters. The number of hydrogen-bond acceptors (Lipinski definition) is 3. The normalized spacial score (nSPS) is 10.2. The Morgan fingerprint density at radius 2 is 1.90 bits per heavy atom. The molecule has 2 aromatic rings. The average Bonchev–Trinajstić information content (AvgIpc) is 2.49. The van der Waals surface area contributed by atoms with Gasteiger partial charge in [0.1, 0.15) is 0 Å². The highest BCUT2D eigenvalue weighted by molar-refractivity contribution is 6.30. The molecule has 0 atom stereocenters. The highest BCUT2D eigenvalue weighted by Gasteiger charge is 2.07. The molecule has 0 heterocycles. The third-order valence-corrected chi connectivity index (χ3v) is 3.22. The molecule has 0 aliphatic heterocycles. The van der Waals surface area contributed by atoms with Crippen LogP contribution in [0.5, 0.6) is 0 Å². The lowest BCUT2D eigenvalue weighted by Gasteiger charge is -2.11. The first-order valence-corrected chi connectivity index (χ1v) is 7.18. The fraction of sp³-hybridized carbons (Fsp3) is 0.188. The van der Waals surface area contributed by atoms with Gasteiger partial charge in [0.05, 0.1) is 11.4 Å². The highest BCUT2D eigenvalue weighted by Crippen LogP contribution is 2.25. The summed E-state index contributed by atoms with van der Waals surface area (Å²) < 4.78 is 0. The van der Waals surface area contributed by atoms with Crippen molar-refractivity contribution in [3.63, 3.8) is 0 Å². The Labute approximate surface area is 129 Å². The van der Waals surface area contributed by atoms with Crippen molar-refractivity contribution < 1.29 is 4.79 Å². The number of anilines is 3. The lowest BCUT2D eigenvalue weighted by molar-refractivity contribution is 0.0953. The summed E-state index contributed by atoms with van der Waals surface area (Å²) in [5.41, 5.74) is 8.71. The quantitative estimate of drug-likeness (QED) is 0.736. The van der Waals surface area contributed by atoms with Gasteiger partial charge in [-0.1, -0.05) is 18.5 Å². The van der Waals surface area contributed by atoms with Gasteiger partial charge in [0, 0.05) is 22.8 Å². The van der Waals surface area contributed by atoms with Crippen molar-refractivity contribution in [1.82, 2.24) is 5.32 Å². The molecule has 4 N–H and O–H groups in total. The zero-order valence-corrected chi connectivity index (χ0v) is 12.6. The summed E-state index contributed by atoms with van der Waals surface area (Å²) in [6.07, 6.45) is 0.900. The first-order valence-electron chi connectivity index (χ1n) is 6.80. The lowest BCUT2D eigenvalue weighted by Crippen LogP contribution is -2.24. The maximum atomic E-state index is 11.9. The Balaban J connectivity index is 2.12. The van der Waals surface area contributed by atoms with Gasteiger partial charge in [-0.05, 0) is 48.9 Å². The zero-order chi connectivity index (χ0) is 15.2. The molecular weight excluding hydrogens is 286 g/mol. The minimum absolute atomic E-state index is 0.110. The second-order valence-electron chi connectivity index (χ2n) is 4.69. The maximum absolute atomic E-state index is 11.9. The minimum Gasteiger partial charge on any atom is -0.397 e. The van der Waals surface area contributed by atoms with Crippen molar-refractivity contribution in [2.75, 3.05) is 17.6 Å². The first kappa shape index (κ1) is 15.2. The molecule has 2 aromatic carbocycles. The molecule has 0 saturated heterocycles. The van der Waals surface area contributed by atoms with Gasteiger partial charge in [0.15, 0.2) is 0 Å². The van der Waals surface area contributed by atoms with Crippen LogP contribution in [0.2, 0.25) is 5.02 Å². The number of rotatable bonds is 5. The summed E-state index contributed by atoms with van der Waals surface area (Å²) in [6, 6.07) is 12.5. The molecule has 4 nitrogen and oxygen atoms in total. The Kier molecular flexibility index (Phi) is 5.06. The summed E-state index contributed by atoms with van der Waals surface area (Å²) in [7, 11) is 0. The van der Waals surface area contributed by atoms with Crippen LogP contribution in [-0.4, -0.2) is 12.5 Å². The number of hydrogen-bond donors (Lipinski definition) is 3. The Bertz CT molecular complexity index is 626. The van der Waals surface area contributed by atoms with E-state index in [1.165, 1.54) is 0 Å². The molecule has 0 aromatic heterocycles. The number of carbonyl (C=O) groups is 1. The van der Waals surface area contributed by atoms with E-state index in [9.17, 15) is 4.79 Å². The average molecular weight is 304 g/mol. The number of nitrogens with one attached hydrogen (secondary N) is 2. The Morgan fingerprint density at radius 1 is 1.19 bits per heavy atom. The highest BCUT2D eigenvalue weighted by atomic mass is 35.5. The van der Waals surface area contributed by atoms with Crippen LogP contribution < -0.4 is 16.4 Å². The van der Waals surface area contributed by atoms with E-state index in [1.54, 1.807) is 30.3 Å². The number of nitrogen functional groups attached to an aromatic ring is 1. The molecule has 0 aliphatic rings. The predicted octanol–water partition coefficient (Wildman–Crippen LogP) is 3.81. The molecule has 0 aliphatic carbocycles. The molecule has 0 saturated carbocycles. The van der Waals surface area contributed by atoms with Crippen molar-refractivity contribution in [1.29, 1.82) is 0 Å². The van der Waals surface area contributed by atoms with E-state index in [-0.39, 0.29) is 5.91 Å². The maximum Gasteiger partial charge on any atom is 0.251 e. The van der Waals surface area contributed by atoms with E-state index < -0.39 is 0 Å². The summed E-state index contributed by atoms with van der Waals surface area (Å²) in [6.45, 7) is 2.66. The third-order valence-electron chi connectivity index (χ3n) is 2.97. The fourth-order valence-corrected chi connectivity index (χ4v) is 1.97. The van der Waals surface area contributed by atoms with Gasteiger partial charge in [-0.15, -0.1) is 0 Å². The van der Waals surface area contributed by atoms with Gasteiger partial charge in [-0.2, -0.15) is 0 Å². The number of nitrogens with two attached hydrogens (primary N) is 1. The molecule has 2 rings (SSSR count). The molecule has 5 heteroatoms. The van der Waals surface area contributed by atoms with Crippen LogP contribution in [0.1, 0.15) is 23.7 Å². The Morgan fingerprint density at radius 3 is 2.52 bits per heavy atom. The zero-order valence-electron chi connectivity index (χ0n) is 11.8. The van der Waals surface area contributed by atoms with Crippen molar-refractivity contribution in [2.45, 2.75) is 13.3 Å². The van der Waals surface area contributed by atoms with Crippen molar-refractivity contribution >= 4 is 34.6 Å². The van der Waals surface area contributed by atoms with E-state index in [0.29, 0.717) is 22.8 Å². The van der Waals surface area contributed by atoms with Crippen LogP contribution in [-0.2, 0) is 0 Å². The number of halogens is 1. The topological polar surface area (TPSA) is 67.2 Å². The molecule has 0 radical (unpaired) electrons. The van der Waals surface area contributed by atoms with Crippen LogP contribution in [0.4, 0.5) is 17.1 Å². The monoisotopic (exact) mass is 303 g/mol. The molecule has 0 fully saturated rings. The first-order chi connectivity index (χ1) is 10.1. The van der Waals surface area contributed by atoms with Gasteiger partial charge >= 0.3 is 0 Å². The summed E-state index contributed by atoms with van der Waals surface area (Å²) >= 11 is 5.85. The van der Waals surface area contributed by atoms with Gasteiger partial charge in [0.25, 0.3) is 5.91 Å². The largest absolute Gasteiger partial charge is 0.397 e. The second-order valence-corrected chi connectivity index (χ2v) is 5.13. The number of amides is 1. The second kappa shape index (κ2) is 6.99. The van der Waals surface area contributed by atoms with Crippen molar-refractivity contribution in [3.05, 3.63) is 53.1 Å². The molecule has 110 valence electrons. The predicted molar refractivity (Wildman–Crippen MR) is 88.2 cm³/mol. The van der Waals surface area contributed by atoms with E-state index >= 15 is 0 Å². The van der Waals surface area contributed by atoms with Crippen LogP contribution in [0, 0.1) is 0 Å². The molecular formula is C16H18ClN3O. The molecule has 0 spiro atoms. The molecule has 0 bridgehead atoms. The lowest BCUT2D eigenvalue weighted by atomic mass is 10.1. The van der Waals surface area contributed by atoms with E-state index in [2.05, 4.69) is 10.6 Å². The fourth-order valence-electron chi connectivity index (χ4n) is 1.85. The van der Waals surface area contributed by atoms with E-state index in [4.69, 9.17) is 17.3 Å². The standard InChI is InChI=1S/C16H18ClN3O/c1-2-9-19-16(21)11-3-8-15(14(18)10-11)20-13-6-4-12(17)5-7-13/h3-8,10,20H,2,9,18H2,1H3,(H,19,21). The summed E-state index contributed by atoms with van der Waals surface area (Å²) in [5.74, 6) is -0.110. The Hall–Kier alpha value is -2.20. The van der Waals surface area contributed by atoms with Crippen LogP contribution in [0.25, 0.3) is 0 Å². The minimum atomic E-state index is -0.110. The number of carbonyl (C=O) groups excluding carboxylic acids is 1. The molecule has 1 amide bonds. The van der Waals surface area contributed by atoms with Crippen LogP contribution in [0.15, 0.2) is 42.5 Å². The SMILES string of the molecule is CCCNC(=O)c1ccc(Nc2ccc(Cl)cc2)c(N)c1. The number of benzene rings is 2. The molecule has 21 heavy (non-hydrogen) atoms. The van der Waals surface area contributed by atoms with E-state index in [0.717, 1.165) is 17.8 Å². The van der Waals surface area contributed by atoms with Gasteiger partial charge in [0.2, 0.25) is 0 Å². The summed E-state index contributed by atoms with van der Waals surface area (Å²) in [4.78, 5) is 11.9.